The molecule has 1 aliphatic heterocycles. The molecule has 0 amide bonds. The molecule has 168 valence electrons. The Hall–Kier alpha value is -1.76. The van der Waals surface area contributed by atoms with Crippen molar-refractivity contribution >= 4 is 11.9 Å². The molecule has 0 aliphatic carbocycles. The molecular weight excluding hydrogens is 376 g/mol. The van der Waals surface area contributed by atoms with Crippen LogP contribution in [-0.2, 0) is 19.1 Å². The van der Waals surface area contributed by atoms with E-state index in [-0.39, 0.29) is 6.42 Å². The number of esters is 2. The molecule has 29 heavy (non-hydrogen) atoms. The molecule has 0 saturated heterocycles. The van der Waals surface area contributed by atoms with Gasteiger partial charge in [0.25, 0.3) is 0 Å². The molecule has 0 fully saturated rings. The molecule has 0 aromatic carbocycles. The first-order valence-corrected chi connectivity index (χ1v) is 11.1. The Bertz CT molecular complexity index is 515. The molecule has 0 spiro atoms. The second kappa shape index (κ2) is 15.1. The predicted molar refractivity (Wildman–Crippen MR) is 109 cm³/mol. The lowest BCUT2D eigenvalue weighted by Gasteiger charge is -2.17. The maximum atomic E-state index is 11.7. The summed E-state index contributed by atoms with van der Waals surface area (Å²) in [5, 5.41) is 28.5. The second-order valence-electron chi connectivity index (χ2n) is 7.80. The summed E-state index contributed by atoms with van der Waals surface area (Å²) in [7, 11) is 0. The van der Waals surface area contributed by atoms with Gasteiger partial charge in [-0.25, -0.2) is 4.79 Å². The molecule has 0 aromatic heterocycles. The van der Waals surface area contributed by atoms with Gasteiger partial charge in [0.2, 0.25) is 5.76 Å². The van der Waals surface area contributed by atoms with Crippen molar-refractivity contribution in [3.8, 4) is 0 Å². The van der Waals surface area contributed by atoms with Gasteiger partial charge in [0.1, 0.15) is 12.7 Å². The summed E-state index contributed by atoms with van der Waals surface area (Å²) < 4.78 is 9.55. The van der Waals surface area contributed by atoms with Crippen molar-refractivity contribution in [2.75, 3.05) is 6.61 Å². The standard InChI is InChI=1S/C22H38O7/c1-2-3-4-5-6-7-8-9-10-11-12-13-14-15-18(24)28-16-17(23)21-19(25)20(26)22(27)29-21/h17,21,23,25-26H,2-16H2,1H3/t17-,21?/m0/s1. The van der Waals surface area contributed by atoms with E-state index in [1.54, 1.807) is 0 Å². The quantitative estimate of drug-likeness (QED) is 0.235. The maximum absolute atomic E-state index is 11.7. The summed E-state index contributed by atoms with van der Waals surface area (Å²) in [5.41, 5.74) is 0. The zero-order chi connectivity index (χ0) is 21.5. The number of aliphatic hydroxyl groups excluding tert-OH is 3. The highest BCUT2D eigenvalue weighted by atomic mass is 16.6. The molecule has 1 rings (SSSR count). The molecule has 0 bridgehead atoms. The van der Waals surface area contributed by atoms with Crippen LogP contribution in [0.3, 0.4) is 0 Å². The van der Waals surface area contributed by atoms with Crippen LogP contribution in [0.25, 0.3) is 0 Å². The molecular formula is C22H38O7. The van der Waals surface area contributed by atoms with E-state index < -0.39 is 42.3 Å². The highest BCUT2D eigenvalue weighted by molar-refractivity contribution is 5.89. The molecule has 2 atom stereocenters. The Kier molecular flexibility index (Phi) is 13.2. The third-order valence-corrected chi connectivity index (χ3v) is 5.19. The maximum Gasteiger partial charge on any atom is 0.377 e. The van der Waals surface area contributed by atoms with Crippen molar-refractivity contribution in [1.29, 1.82) is 0 Å². The average molecular weight is 415 g/mol. The normalized spacial score (nSPS) is 17.4. The van der Waals surface area contributed by atoms with Crippen LogP contribution in [0.4, 0.5) is 0 Å². The number of ether oxygens (including phenoxy) is 2. The summed E-state index contributed by atoms with van der Waals surface area (Å²) in [6, 6.07) is 0. The predicted octanol–water partition coefficient (Wildman–Crippen LogP) is 4.62. The summed E-state index contributed by atoms with van der Waals surface area (Å²) >= 11 is 0. The molecule has 3 N–H and O–H groups in total. The summed E-state index contributed by atoms with van der Waals surface area (Å²) in [4.78, 5) is 22.8. The summed E-state index contributed by atoms with van der Waals surface area (Å²) in [6.07, 6.45) is 13.4. The third-order valence-electron chi connectivity index (χ3n) is 5.19. The van der Waals surface area contributed by atoms with Crippen molar-refractivity contribution < 1.29 is 34.4 Å². The Morgan fingerprint density at radius 3 is 1.86 bits per heavy atom. The highest BCUT2D eigenvalue weighted by Gasteiger charge is 2.39. The van der Waals surface area contributed by atoms with E-state index in [4.69, 9.17) is 4.74 Å². The minimum atomic E-state index is -1.42. The van der Waals surface area contributed by atoms with E-state index >= 15 is 0 Å². The van der Waals surface area contributed by atoms with Crippen molar-refractivity contribution in [3.63, 3.8) is 0 Å². The van der Waals surface area contributed by atoms with E-state index in [1.165, 1.54) is 64.2 Å². The SMILES string of the molecule is CCCCCCCCCCCCCCCC(=O)OC[C@H](O)C1OC(=O)C(O)=C1O. The first-order chi connectivity index (χ1) is 14.0. The van der Waals surface area contributed by atoms with E-state index in [0.29, 0.717) is 0 Å². The lowest BCUT2D eigenvalue weighted by molar-refractivity contribution is -0.154. The second-order valence-corrected chi connectivity index (χ2v) is 7.80. The van der Waals surface area contributed by atoms with E-state index in [0.717, 1.165) is 19.3 Å². The van der Waals surface area contributed by atoms with Crippen LogP contribution in [0.15, 0.2) is 11.5 Å². The zero-order valence-electron chi connectivity index (χ0n) is 17.7. The number of unbranched alkanes of at least 4 members (excludes halogenated alkanes) is 12. The Labute approximate surface area is 174 Å². The van der Waals surface area contributed by atoms with Gasteiger partial charge in [0, 0.05) is 6.42 Å². The summed E-state index contributed by atoms with van der Waals surface area (Å²) in [5.74, 6) is -3.21. The van der Waals surface area contributed by atoms with E-state index in [1.807, 2.05) is 0 Å². The molecule has 1 unspecified atom stereocenters. The van der Waals surface area contributed by atoms with Crippen molar-refractivity contribution in [3.05, 3.63) is 11.5 Å². The van der Waals surface area contributed by atoms with Gasteiger partial charge in [-0.05, 0) is 6.42 Å². The van der Waals surface area contributed by atoms with Crippen LogP contribution in [0, 0.1) is 0 Å². The fraction of sp³-hybridized carbons (Fsp3) is 0.818. The van der Waals surface area contributed by atoms with Crippen molar-refractivity contribution in [1.82, 2.24) is 0 Å². The van der Waals surface area contributed by atoms with Gasteiger partial charge in [-0.15, -0.1) is 0 Å². The van der Waals surface area contributed by atoms with E-state index in [2.05, 4.69) is 11.7 Å². The highest BCUT2D eigenvalue weighted by Crippen LogP contribution is 2.21. The first kappa shape index (κ1) is 25.3. The number of cyclic esters (lactones) is 1. The fourth-order valence-electron chi connectivity index (χ4n) is 3.35. The van der Waals surface area contributed by atoms with Gasteiger partial charge in [0.15, 0.2) is 11.9 Å². The number of carbonyl (C=O) groups excluding carboxylic acids is 2. The van der Waals surface area contributed by atoms with Crippen LogP contribution >= 0.6 is 0 Å². The van der Waals surface area contributed by atoms with Gasteiger partial charge >= 0.3 is 11.9 Å². The lowest BCUT2D eigenvalue weighted by atomic mass is 10.0. The zero-order valence-corrected chi connectivity index (χ0v) is 17.7. The Morgan fingerprint density at radius 1 is 0.931 bits per heavy atom. The van der Waals surface area contributed by atoms with E-state index in [9.17, 15) is 24.9 Å². The van der Waals surface area contributed by atoms with Gasteiger partial charge in [-0.3, -0.25) is 4.79 Å². The van der Waals surface area contributed by atoms with Crippen LogP contribution in [-0.4, -0.2) is 46.1 Å². The fourth-order valence-corrected chi connectivity index (χ4v) is 3.35. The molecule has 7 nitrogen and oxygen atoms in total. The van der Waals surface area contributed by atoms with Crippen molar-refractivity contribution in [2.24, 2.45) is 0 Å². The molecule has 1 aliphatic rings. The summed E-state index contributed by atoms with van der Waals surface area (Å²) in [6.45, 7) is 1.83. The molecule has 7 heteroatoms. The lowest BCUT2D eigenvalue weighted by Crippen LogP contribution is -2.33. The van der Waals surface area contributed by atoms with Gasteiger partial charge in [-0.2, -0.15) is 0 Å². The third kappa shape index (κ3) is 10.5. The molecule has 0 aromatic rings. The van der Waals surface area contributed by atoms with Crippen LogP contribution in [0.1, 0.15) is 96.8 Å². The monoisotopic (exact) mass is 414 g/mol. The van der Waals surface area contributed by atoms with Gasteiger partial charge < -0.3 is 24.8 Å². The Balaban J connectivity index is 1.93. The van der Waals surface area contributed by atoms with Crippen LogP contribution < -0.4 is 0 Å². The van der Waals surface area contributed by atoms with Gasteiger partial charge in [0.05, 0.1) is 0 Å². The minimum Gasteiger partial charge on any atom is -0.505 e. The Morgan fingerprint density at radius 2 is 1.41 bits per heavy atom. The topological polar surface area (TPSA) is 113 Å². The molecule has 0 saturated carbocycles. The first-order valence-electron chi connectivity index (χ1n) is 11.1. The number of hydrogen-bond donors (Lipinski definition) is 3. The average Bonchev–Trinajstić information content (AvgIpc) is 2.97. The van der Waals surface area contributed by atoms with Crippen LogP contribution in [0.5, 0.6) is 0 Å². The van der Waals surface area contributed by atoms with Crippen LogP contribution in [0.2, 0.25) is 0 Å². The minimum absolute atomic E-state index is 0.266. The number of rotatable bonds is 17. The number of hydrogen-bond acceptors (Lipinski definition) is 7. The number of aliphatic hydroxyl groups is 3. The largest absolute Gasteiger partial charge is 0.505 e. The molecule has 0 radical (unpaired) electrons. The van der Waals surface area contributed by atoms with Gasteiger partial charge in [-0.1, -0.05) is 84.0 Å². The van der Waals surface area contributed by atoms with Crippen molar-refractivity contribution in [2.45, 2.75) is 109 Å². The number of carbonyl (C=O) groups is 2. The molecule has 1 heterocycles. The smallest absolute Gasteiger partial charge is 0.377 e.